The lowest BCUT2D eigenvalue weighted by Crippen LogP contribution is -2.08. The van der Waals surface area contributed by atoms with Gasteiger partial charge in [-0.15, -0.1) is 11.3 Å². The van der Waals surface area contributed by atoms with Crippen LogP contribution in [0.5, 0.6) is 0 Å². The zero-order chi connectivity index (χ0) is 11.2. The van der Waals surface area contributed by atoms with Crippen LogP contribution in [0.1, 0.15) is 35.1 Å². The molecule has 0 saturated carbocycles. The van der Waals surface area contributed by atoms with Crippen molar-refractivity contribution in [1.29, 1.82) is 0 Å². The average molecular weight is 256 g/mol. The highest BCUT2D eigenvalue weighted by Crippen LogP contribution is 2.33. The van der Waals surface area contributed by atoms with Crippen molar-refractivity contribution >= 4 is 23.1 Å². The smallest absolute Gasteiger partial charge is 0.0966 e. The Labute approximate surface area is 106 Å². The van der Waals surface area contributed by atoms with E-state index in [9.17, 15) is 0 Å². The third-order valence-electron chi connectivity index (χ3n) is 2.93. The standard InChI is InChI=1S/C12H20N2S2/c1-13-6-2-5-11-8-14-12(16-11)10-4-3-7-15-9-10/h8,10,13H,2-7,9H2,1H3. The van der Waals surface area contributed by atoms with Crippen molar-refractivity contribution in [2.24, 2.45) is 0 Å². The number of nitrogens with one attached hydrogen (secondary N) is 1. The van der Waals surface area contributed by atoms with E-state index in [-0.39, 0.29) is 0 Å². The molecule has 0 radical (unpaired) electrons. The molecule has 1 aromatic rings. The van der Waals surface area contributed by atoms with Gasteiger partial charge in [0.15, 0.2) is 0 Å². The highest BCUT2D eigenvalue weighted by Gasteiger charge is 2.18. The zero-order valence-electron chi connectivity index (χ0n) is 9.87. The third-order valence-corrected chi connectivity index (χ3v) is 5.37. The van der Waals surface area contributed by atoms with E-state index >= 15 is 0 Å². The lowest BCUT2D eigenvalue weighted by Gasteiger charge is -2.18. The molecule has 1 aliphatic heterocycles. The number of aryl methyl sites for hydroxylation is 1. The molecule has 0 aromatic carbocycles. The van der Waals surface area contributed by atoms with Gasteiger partial charge in [0.05, 0.1) is 5.01 Å². The van der Waals surface area contributed by atoms with E-state index < -0.39 is 0 Å². The summed E-state index contributed by atoms with van der Waals surface area (Å²) in [7, 11) is 2.01. The molecule has 1 aromatic heterocycles. The van der Waals surface area contributed by atoms with E-state index in [1.807, 2.05) is 18.4 Å². The van der Waals surface area contributed by atoms with Crippen molar-refractivity contribution in [2.75, 3.05) is 25.1 Å². The fraction of sp³-hybridized carbons (Fsp3) is 0.750. The van der Waals surface area contributed by atoms with Crippen molar-refractivity contribution in [3.8, 4) is 0 Å². The minimum Gasteiger partial charge on any atom is -0.320 e. The van der Waals surface area contributed by atoms with Crippen LogP contribution in [0.25, 0.3) is 0 Å². The summed E-state index contributed by atoms with van der Waals surface area (Å²) >= 11 is 4.02. The Bertz CT molecular complexity index is 306. The van der Waals surface area contributed by atoms with Gasteiger partial charge in [-0.3, -0.25) is 0 Å². The molecule has 90 valence electrons. The summed E-state index contributed by atoms with van der Waals surface area (Å²) in [5.41, 5.74) is 0. The van der Waals surface area contributed by atoms with Crippen LogP contribution < -0.4 is 5.32 Å². The lowest BCUT2D eigenvalue weighted by atomic mass is 10.1. The largest absolute Gasteiger partial charge is 0.320 e. The van der Waals surface area contributed by atoms with Crippen LogP contribution in [0.3, 0.4) is 0 Å². The summed E-state index contributed by atoms with van der Waals surface area (Å²) in [6.07, 6.45) is 7.20. The molecular formula is C12H20N2S2. The number of thioether (sulfide) groups is 1. The molecule has 0 aliphatic carbocycles. The SMILES string of the molecule is CNCCCc1cnc(C2CCCSC2)s1. The second kappa shape index (κ2) is 6.62. The number of nitrogens with zero attached hydrogens (tertiary/aromatic N) is 1. The molecule has 1 atom stereocenters. The monoisotopic (exact) mass is 256 g/mol. The van der Waals surface area contributed by atoms with Crippen LogP contribution in [-0.4, -0.2) is 30.1 Å². The molecule has 0 bridgehead atoms. The predicted molar refractivity (Wildman–Crippen MR) is 73.7 cm³/mol. The molecule has 0 amide bonds. The van der Waals surface area contributed by atoms with Gasteiger partial charge in [0, 0.05) is 22.7 Å². The maximum Gasteiger partial charge on any atom is 0.0966 e. The van der Waals surface area contributed by atoms with Crippen LogP contribution in [0.4, 0.5) is 0 Å². The van der Waals surface area contributed by atoms with Gasteiger partial charge in [-0.25, -0.2) is 4.98 Å². The second-order valence-corrected chi connectivity index (χ2v) is 6.58. The summed E-state index contributed by atoms with van der Waals surface area (Å²) < 4.78 is 0. The minimum atomic E-state index is 0.738. The van der Waals surface area contributed by atoms with E-state index in [4.69, 9.17) is 0 Å². The Balaban J connectivity index is 1.85. The topological polar surface area (TPSA) is 24.9 Å². The van der Waals surface area contributed by atoms with Gasteiger partial charge in [0.1, 0.15) is 0 Å². The molecule has 2 nitrogen and oxygen atoms in total. The first kappa shape index (κ1) is 12.4. The summed E-state index contributed by atoms with van der Waals surface area (Å²) in [5, 5.41) is 4.57. The molecule has 4 heteroatoms. The van der Waals surface area contributed by atoms with Crippen molar-refractivity contribution in [3.63, 3.8) is 0 Å². The van der Waals surface area contributed by atoms with Gasteiger partial charge in [0.25, 0.3) is 0 Å². The maximum atomic E-state index is 4.60. The summed E-state index contributed by atoms with van der Waals surface area (Å²) in [4.78, 5) is 6.06. The number of hydrogen-bond donors (Lipinski definition) is 1. The van der Waals surface area contributed by atoms with Gasteiger partial charge in [-0.1, -0.05) is 0 Å². The molecule has 1 unspecified atom stereocenters. The third kappa shape index (κ3) is 3.47. The molecule has 2 rings (SSSR count). The number of hydrogen-bond acceptors (Lipinski definition) is 4. The van der Waals surface area contributed by atoms with Crippen molar-refractivity contribution < 1.29 is 0 Å². The Morgan fingerprint density at radius 1 is 1.56 bits per heavy atom. The Morgan fingerprint density at radius 2 is 2.50 bits per heavy atom. The number of aromatic nitrogens is 1. The van der Waals surface area contributed by atoms with Crippen LogP contribution >= 0.6 is 23.1 Å². The van der Waals surface area contributed by atoms with Crippen molar-refractivity contribution in [1.82, 2.24) is 10.3 Å². The Morgan fingerprint density at radius 3 is 3.25 bits per heavy atom. The molecular weight excluding hydrogens is 236 g/mol. The van der Waals surface area contributed by atoms with Crippen molar-refractivity contribution in [3.05, 3.63) is 16.1 Å². The first-order valence-corrected chi connectivity index (χ1v) is 8.04. The molecule has 1 aliphatic rings. The zero-order valence-corrected chi connectivity index (χ0v) is 11.5. The quantitative estimate of drug-likeness (QED) is 0.820. The van der Waals surface area contributed by atoms with E-state index in [0.717, 1.165) is 12.5 Å². The number of rotatable bonds is 5. The summed E-state index contributed by atoms with van der Waals surface area (Å²) in [6.45, 7) is 1.10. The fourth-order valence-corrected chi connectivity index (χ4v) is 4.35. The van der Waals surface area contributed by atoms with Gasteiger partial charge >= 0.3 is 0 Å². The van der Waals surface area contributed by atoms with E-state index in [2.05, 4.69) is 28.3 Å². The minimum absolute atomic E-state index is 0.738. The maximum absolute atomic E-state index is 4.60. The van der Waals surface area contributed by atoms with Gasteiger partial charge in [-0.05, 0) is 45.0 Å². The fourth-order valence-electron chi connectivity index (χ4n) is 2.00. The summed E-state index contributed by atoms with van der Waals surface area (Å²) in [6, 6.07) is 0. The van der Waals surface area contributed by atoms with Crippen LogP contribution in [0, 0.1) is 0 Å². The first-order chi connectivity index (χ1) is 7.90. The van der Waals surface area contributed by atoms with Gasteiger partial charge in [-0.2, -0.15) is 11.8 Å². The lowest BCUT2D eigenvalue weighted by molar-refractivity contribution is 0.656. The van der Waals surface area contributed by atoms with Crippen molar-refractivity contribution in [2.45, 2.75) is 31.6 Å². The van der Waals surface area contributed by atoms with E-state index in [1.54, 1.807) is 0 Å². The van der Waals surface area contributed by atoms with E-state index in [1.165, 1.54) is 47.1 Å². The molecule has 0 spiro atoms. The average Bonchev–Trinajstić information content (AvgIpc) is 2.79. The van der Waals surface area contributed by atoms with E-state index in [0.29, 0.717) is 0 Å². The highest BCUT2D eigenvalue weighted by atomic mass is 32.2. The second-order valence-electron chi connectivity index (χ2n) is 4.29. The normalized spacial score (nSPS) is 21.2. The van der Waals surface area contributed by atoms with Crippen LogP contribution in [-0.2, 0) is 6.42 Å². The summed E-state index contributed by atoms with van der Waals surface area (Å²) in [5.74, 6) is 3.36. The van der Waals surface area contributed by atoms with Crippen LogP contribution in [0.2, 0.25) is 0 Å². The molecule has 1 fully saturated rings. The van der Waals surface area contributed by atoms with Crippen LogP contribution in [0.15, 0.2) is 6.20 Å². The molecule has 1 N–H and O–H groups in total. The van der Waals surface area contributed by atoms with Gasteiger partial charge < -0.3 is 5.32 Å². The Kier molecular flexibility index (Phi) is 5.13. The Hall–Kier alpha value is -0.0600. The molecule has 1 saturated heterocycles. The first-order valence-electron chi connectivity index (χ1n) is 6.07. The number of thiazole rings is 1. The van der Waals surface area contributed by atoms with Gasteiger partial charge in [0.2, 0.25) is 0 Å². The molecule has 16 heavy (non-hydrogen) atoms. The highest BCUT2D eigenvalue weighted by molar-refractivity contribution is 7.99. The molecule has 2 heterocycles. The predicted octanol–water partition coefficient (Wildman–Crippen LogP) is 2.91.